The Bertz CT molecular complexity index is 285. The maximum atomic E-state index is 6.00. The summed E-state index contributed by atoms with van der Waals surface area (Å²) in [4.78, 5) is 0. The van der Waals surface area contributed by atoms with Gasteiger partial charge in [-0.15, -0.1) is 0 Å². The van der Waals surface area contributed by atoms with Crippen LogP contribution in [0.4, 0.5) is 0 Å². The summed E-state index contributed by atoms with van der Waals surface area (Å²) in [6.45, 7) is 0.512. The first kappa shape index (κ1) is 10.8. The van der Waals surface area contributed by atoms with E-state index in [2.05, 4.69) is 5.32 Å². The van der Waals surface area contributed by atoms with E-state index in [0.717, 1.165) is 5.56 Å². The van der Waals surface area contributed by atoms with Gasteiger partial charge in [-0.25, -0.2) is 0 Å². The number of nitrogens with two attached hydrogens (primary N) is 1. The summed E-state index contributed by atoms with van der Waals surface area (Å²) in [5.41, 5.74) is 6.55. The second kappa shape index (κ2) is 4.82. The number of nitrogens with one attached hydrogen (secondary N) is 1. The lowest BCUT2D eigenvalue weighted by Gasteiger charge is -2.15. The zero-order chi connectivity index (χ0) is 9.84. The molecule has 0 aromatic heterocycles. The van der Waals surface area contributed by atoms with Crippen LogP contribution < -0.4 is 11.1 Å². The van der Waals surface area contributed by atoms with Crippen molar-refractivity contribution in [1.29, 1.82) is 0 Å². The number of likely N-dealkylation sites (N-methyl/N-ethyl adjacent to an activating group) is 1. The molecule has 3 N–H and O–H groups in total. The fourth-order valence-corrected chi connectivity index (χ4v) is 1.72. The van der Waals surface area contributed by atoms with Crippen LogP contribution in [0.5, 0.6) is 0 Å². The third-order valence-corrected chi connectivity index (χ3v) is 2.48. The van der Waals surface area contributed by atoms with Crippen molar-refractivity contribution < 1.29 is 0 Å². The Kier molecular flexibility index (Phi) is 4.00. The molecule has 0 heterocycles. The van der Waals surface area contributed by atoms with Crippen molar-refractivity contribution in [2.45, 2.75) is 6.04 Å². The molecule has 1 aromatic rings. The molecule has 0 fully saturated rings. The molecule has 13 heavy (non-hydrogen) atoms. The molecule has 0 saturated carbocycles. The summed E-state index contributed by atoms with van der Waals surface area (Å²) in [5, 5.41) is 4.37. The molecule has 0 spiro atoms. The summed E-state index contributed by atoms with van der Waals surface area (Å²) in [7, 11) is 1.85. The van der Waals surface area contributed by atoms with Crippen LogP contribution in [0, 0.1) is 0 Å². The second-order valence-corrected chi connectivity index (χ2v) is 3.59. The second-order valence-electron chi connectivity index (χ2n) is 2.74. The fraction of sp³-hybridized carbons (Fsp3) is 0.333. The van der Waals surface area contributed by atoms with Gasteiger partial charge in [-0.1, -0.05) is 29.3 Å². The monoisotopic (exact) mass is 218 g/mol. The molecule has 72 valence electrons. The van der Waals surface area contributed by atoms with Gasteiger partial charge < -0.3 is 11.1 Å². The smallest absolute Gasteiger partial charge is 0.0469 e. The van der Waals surface area contributed by atoms with Crippen molar-refractivity contribution in [2.75, 3.05) is 13.6 Å². The van der Waals surface area contributed by atoms with Crippen molar-refractivity contribution in [3.63, 3.8) is 0 Å². The Morgan fingerprint density at radius 2 is 2.15 bits per heavy atom. The van der Waals surface area contributed by atoms with E-state index in [1.165, 1.54) is 0 Å². The Labute approximate surface area is 88.0 Å². The Balaban J connectivity index is 2.99. The van der Waals surface area contributed by atoms with Gasteiger partial charge in [0.15, 0.2) is 0 Å². The number of rotatable bonds is 3. The van der Waals surface area contributed by atoms with E-state index in [4.69, 9.17) is 28.9 Å². The van der Waals surface area contributed by atoms with Crippen molar-refractivity contribution in [3.05, 3.63) is 33.8 Å². The number of hydrogen-bond acceptors (Lipinski definition) is 2. The molecule has 0 aliphatic heterocycles. The lowest BCUT2D eigenvalue weighted by atomic mass is 10.1. The number of benzene rings is 1. The van der Waals surface area contributed by atoms with E-state index in [-0.39, 0.29) is 6.04 Å². The molecule has 0 aliphatic rings. The lowest BCUT2D eigenvalue weighted by Crippen LogP contribution is -2.25. The van der Waals surface area contributed by atoms with E-state index >= 15 is 0 Å². The summed E-state index contributed by atoms with van der Waals surface area (Å²) < 4.78 is 0. The SMILES string of the molecule is CN[C@H](CN)c1ccc(Cl)cc1Cl. The van der Waals surface area contributed by atoms with Crippen LogP contribution in [0.3, 0.4) is 0 Å². The molecule has 4 heteroatoms. The number of halogens is 2. The quantitative estimate of drug-likeness (QED) is 0.817. The normalized spacial score (nSPS) is 12.9. The predicted octanol–water partition coefficient (Wildman–Crippen LogP) is 2.21. The van der Waals surface area contributed by atoms with Gasteiger partial charge in [0.25, 0.3) is 0 Å². The molecule has 0 bridgehead atoms. The van der Waals surface area contributed by atoms with Crippen LogP contribution in [-0.2, 0) is 0 Å². The van der Waals surface area contributed by atoms with Gasteiger partial charge in [0, 0.05) is 22.6 Å². The van der Waals surface area contributed by atoms with Gasteiger partial charge in [0.05, 0.1) is 0 Å². The average Bonchev–Trinajstić information content (AvgIpc) is 2.10. The fourth-order valence-electron chi connectivity index (χ4n) is 1.18. The molecular weight excluding hydrogens is 207 g/mol. The van der Waals surface area contributed by atoms with Crippen LogP contribution >= 0.6 is 23.2 Å². The van der Waals surface area contributed by atoms with E-state index in [1.807, 2.05) is 19.2 Å². The summed E-state index contributed by atoms with van der Waals surface area (Å²) in [6, 6.07) is 5.50. The highest BCUT2D eigenvalue weighted by Gasteiger charge is 2.10. The van der Waals surface area contributed by atoms with Gasteiger partial charge in [-0.3, -0.25) is 0 Å². The van der Waals surface area contributed by atoms with Crippen molar-refractivity contribution in [1.82, 2.24) is 5.32 Å². The van der Waals surface area contributed by atoms with E-state index in [0.29, 0.717) is 16.6 Å². The minimum atomic E-state index is 0.0877. The molecular formula is C9H12Cl2N2. The Morgan fingerprint density at radius 1 is 1.46 bits per heavy atom. The average molecular weight is 219 g/mol. The largest absolute Gasteiger partial charge is 0.329 e. The van der Waals surface area contributed by atoms with Crippen LogP contribution in [0.25, 0.3) is 0 Å². The Hall–Kier alpha value is -0.280. The summed E-state index contributed by atoms with van der Waals surface area (Å²) in [5.74, 6) is 0. The molecule has 0 amide bonds. The predicted molar refractivity (Wildman–Crippen MR) is 57.3 cm³/mol. The highest BCUT2D eigenvalue weighted by atomic mass is 35.5. The molecule has 0 aliphatic carbocycles. The molecule has 0 radical (unpaired) electrons. The standard InChI is InChI=1S/C9H12Cl2N2/c1-13-9(5-12)7-3-2-6(10)4-8(7)11/h2-4,9,13H,5,12H2,1H3/t9-/m1/s1. The van der Waals surface area contributed by atoms with Crippen LogP contribution in [0.2, 0.25) is 10.0 Å². The topological polar surface area (TPSA) is 38.0 Å². The third kappa shape index (κ3) is 2.58. The van der Waals surface area contributed by atoms with E-state index < -0.39 is 0 Å². The lowest BCUT2D eigenvalue weighted by molar-refractivity contribution is 0.606. The molecule has 1 atom stereocenters. The minimum Gasteiger partial charge on any atom is -0.329 e. The molecule has 1 aromatic carbocycles. The molecule has 0 unspecified atom stereocenters. The summed E-state index contributed by atoms with van der Waals surface area (Å²) in [6.07, 6.45) is 0. The van der Waals surface area contributed by atoms with Gasteiger partial charge in [-0.05, 0) is 24.7 Å². The minimum absolute atomic E-state index is 0.0877. The van der Waals surface area contributed by atoms with Gasteiger partial charge in [0.1, 0.15) is 0 Å². The zero-order valence-electron chi connectivity index (χ0n) is 7.35. The molecule has 0 saturated heterocycles. The van der Waals surface area contributed by atoms with Gasteiger partial charge >= 0.3 is 0 Å². The highest BCUT2D eigenvalue weighted by Crippen LogP contribution is 2.25. The van der Waals surface area contributed by atoms with Crippen LogP contribution in [-0.4, -0.2) is 13.6 Å². The first-order valence-electron chi connectivity index (χ1n) is 4.01. The first-order valence-corrected chi connectivity index (χ1v) is 4.77. The van der Waals surface area contributed by atoms with Crippen LogP contribution in [0.15, 0.2) is 18.2 Å². The van der Waals surface area contributed by atoms with Gasteiger partial charge in [-0.2, -0.15) is 0 Å². The zero-order valence-corrected chi connectivity index (χ0v) is 8.86. The molecule has 1 rings (SSSR count). The third-order valence-electron chi connectivity index (χ3n) is 1.92. The van der Waals surface area contributed by atoms with E-state index in [1.54, 1.807) is 6.07 Å². The summed E-state index contributed by atoms with van der Waals surface area (Å²) >= 11 is 11.8. The highest BCUT2D eigenvalue weighted by molar-refractivity contribution is 6.35. The van der Waals surface area contributed by atoms with E-state index in [9.17, 15) is 0 Å². The molecule has 2 nitrogen and oxygen atoms in total. The Morgan fingerprint density at radius 3 is 2.62 bits per heavy atom. The number of hydrogen-bond donors (Lipinski definition) is 2. The van der Waals surface area contributed by atoms with Crippen LogP contribution in [0.1, 0.15) is 11.6 Å². The van der Waals surface area contributed by atoms with Crippen molar-refractivity contribution in [2.24, 2.45) is 5.73 Å². The first-order chi connectivity index (χ1) is 6.19. The maximum absolute atomic E-state index is 6.00. The van der Waals surface area contributed by atoms with Gasteiger partial charge in [0.2, 0.25) is 0 Å². The van der Waals surface area contributed by atoms with Crippen molar-refractivity contribution >= 4 is 23.2 Å². The van der Waals surface area contributed by atoms with Crippen molar-refractivity contribution in [3.8, 4) is 0 Å². The maximum Gasteiger partial charge on any atom is 0.0469 e.